The van der Waals surface area contributed by atoms with Crippen LogP contribution in [0.15, 0.2) is 36.4 Å². The molecule has 4 heterocycles. The van der Waals surface area contributed by atoms with E-state index in [9.17, 15) is 14.4 Å². The third-order valence-electron chi connectivity index (χ3n) is 9.82. The summed E-state index contributed by atoms with van der Waals surface area (Å²) in [6.07, 6.45) is 13.2. The number of nitrogens with zero attached hydrogens (tertiary/aromatic N) is 2. The number of nitrogens with one attached hydrogen (secondary N) is 2. The Labute approximate surface area is 241 Å². The van der Waals surface area contributed by atoms with Gasteiger partial charge in [-0.1, -0.05) is 62.4 Å². The van der Waals surface area contributed by atoms with Crippen molar-refractivity contribution in [2.24, 2.45) is 11.8 Å². The van der Waals surface area contributed by atoms with E-state index in [1.807, 2.05) is 12.2 Å². The molecule has 1 aliphatic carbocycles. The number of hydrogen-bond acceptors (Lipinski definition) is 5. The predicted molar refractivity (Wildman–Crippen MR) is 154 cm³/mol. The number of carbonyl (C=O) groups is 3. The van der Waals surface area contributed by atoms with E-state index in [1.165, 1.54) is 19.3 Å². The number of carbonyl (C=O) groups excluding carboxylic acids is 3. The van der Waals surface area contributed by atoms with Gasteiger partial charge in [-0.2, -0.15) is 0 Å². The summed E-state index contributed by atoms with van der Waals surface area (Å²) in [5, 5.41) is 6.74. The number of piperidine rings is 1. The second-order valence-corrected chi connectivity index (χ2v) is 12.6. The first kappa shape index (κ1) is 27.7. The van der Waals surface area contributed by atoms with Gasteiger partial charge in [-0.05, 0) is 56.8 Å². The molecular formula is C31H41ClN4O4. The van der Waals surface area contributed by atoms with Crippen molar-refractivity contribution < 1.29 is 19.1 Å². The molecule has 1 aromatic carbocycles. The number of amides is 3. The zero-order valence-electron chi connectivity index (χ0n) is 23.3. The van der Waals surface area contributed by atoms with E-state index >= 15 is 0 Å². The van der Waals surface area contributed by atoms with Crippen molar-refractivity contribution in [3.63, 3.8) is 0 Å². The van der Waals surface area contributed by atoms with Crippen molar-refractivity contribution in [1.29, 1.82) is 0 Å². The molecular weight excluding hydrogens is 528 g/mol. The molecule has 2 bridgehead atoms. The molecule has 3 amide bonds. The van der Waals surface area contributed by atoms with Gasteiger partial charge in [0.25, 0.3) is 0 Å². The molecule has 1 spiro atoms. The first-order valence-corrected chi connectivity index (χ1v) is 15.6. The maximum atomic E-state index is 14.2. The maximum Gasteiger partial charge on any atom is 0.246 e. The third-order valence-corrected chi connectivity index (χ3v) is 10.1. The summed E-state index contributed by atoms with van der Waals surface area (Å²) in [4.78, 5) is 46.1. The number of anilines is 1. The van der Waals surface area contributed by atoms with Crippen molar-refractivity contribution in [1.82, 2.24) is 15.1 Å². The van der Waals surface area contributed by atoms with Crippen LogP contribution < -0.4 is 10.6 Å². The van der Waals surface area contributed by atoms with Gasteiger partial charge >= 0.3 is 0 Å². The van der Waals surface area contributed by atoms with E-state index in [0.717, 1.165) is 45.1 Å². The van der Waals surface area contributed by atoms with Crippen molar-refractivity contribution in [2.45, 2.75) is 94.5 Å². The van der Waals surface area contributed by atoms with Gasteiger partial charge in [0, 0.05) is 35.9 Å². The molecule has 0 radical (unpaired) electrons. The Morgan fingerprint density at radius 3 is 2.65 bits per heavy atom. The quantitative estimate of drug-likeness (QED) is 0.460. The molecule has 4 aliphatic heterocycles. The summed E-state index contributed by atoms with van der Waals surface area (Å²) in [7, 11) is 0. The van der Waals surface area contributed by atoms with Gasteiger partial charge in [0.05, 0.1) is 17.9 Å². The predicted octanol–water partition coefficient (Wildman–Crippen LogP) is 4.14. The van der Waals surface area contributed by atoms with Crippen LogP contribution >= 0.6 is 11.6 Å². The van der Waals surface area contributed by atoms with Crippen molar-refractivity contribution >= 4 is 35.0 Å². The average molecular weight is 569 g/mol. The molecule has 1 saturated carbocycles. The summed E-state index contributed by atoms with van der Waals surface area (Å²) >= 11 is 6.14. The molecule has 9 heteroatoms. The summed E-state index contributed by atoms with van der Waals surface area (Å²) in [6.45, 7) is 4.39. The molecule has 6 rings (SSSR count). The molecule has 3 saturated heterocycles. The minimum Gasteiger partial charge on any atom is -0.359 e. The highest BCUT2D eigenvalue weighted by molar-refractivity contribution is 6.30. The number of benzene rings is 1. The molecule has 8 nitrogen and oxygen atoms in total. The molecule has 4 fully saturated rings. The van der Waals surface area contributed by atoms with Gasteiger partial charge in [-0.15, -0.1) is 0 Å². The van der Waals surface area contributed by atoms with E-state index < -0.39 is 29.6 Å². The highest BCUT2D eigenvalue weighted by Crippen LogP contribution is 2.55. The number of fused-ring (bicyclic) bond motifs is 1. The monoisotopic (exact) mass is 568 g/mol. The van der Waals surface area contributed by atoms with Crippen LogP contribution in [-0.4, -0.2) is 77.0 Å². The molecule has 0 aromatic heterocycles. The van der Waals surface area contributed by atoms with Crippen LogP contribution in [0.2, 0.25) is 5.02 Å². The van der Waals surface area contributed by atoms with Crippen molar-refractivity contribution in [3.8, 4) is 0 Å². The second-order valence-electron chi connectivity index (χ2n) is 12.2. The lowest BCUT2D eigenvalue weighted by molar-refractivity contribution is -0.141. The zero-order chi connectivity index (χ0) is 27.9. The standard InChI is InChI=1S/C31H41ClN4O4/c1-2-23-13-6-7-16-35(23)17-18-36-27(29(38)33-21-10-4-3-5-11-21)31-15-14-24(40-31)25(26(31)30(36)39)28(37)34-22-12-8-9-20(32)19-22/h8-9,12,14-15,19,21,23-27H,2-7,10-11,13,16-18H2,1H3,(H,33,38)(H,34,37)/t23-,24+,25+,26+,27-,31+/m1/s1. The number of halogens is 1. The Balaban J connectivity index is 1.27. The normalized spacial score (nSPS) is 33.8. The summed E-state index contributed by atoms with van der Waals surface area (Å²) in [6, 6.07) is 6.80. The third kappa shape index (κ3) is 4.96. The van der Waals surface area contributed by atoms with Crippen molar-refractivity contribution in [2.75, 3.05) is 25.0 Å². The molecule has 216 valence electrons. The number of ether oxygens (including phenoxy) is 1. The van der Waals surface area contributed by atoms with Crippen molar-refractivity contribution in [3.05, 3.63) is 41.4 Å². The summed E-state index contributed by atoms with van der Waals surface area (Å²) < 4.78 is 6.50. The van der Waals surface area contributed by atoms with E-state index in [2.05, 4.69) is 22.5 Å². The van der Waals surface area contributed by atoms with E-state index in [0.29, 0.717) is 29.8 Å². The number of hydrogen-bond donors (Lipinski definition) is 2. The average Bonchev–Trinajstić information content (AvgIpc) is 3.60. The highest BCUT2D eigenvalue weighted by Gasteiger charge is 2.72. The van der Waals surface area contributed by atoms with Crippen LogP contribution in [0, 0.1) is 11.8 Å². The molecule has 0 unspecified atom stereocenters. The van der Waals surface area contributed by atoms with Gasteiger partial charge in [0.15, 0.2) is 0 Å². The summed E-state index contributed by atoms with van der Waals surface area (Å²) in [5.41, 5.74) is -0.564. The largest absolute Gasteiger partial charge is 0.359 e. The molecule has 1 aromatic rings. The Morgan fingerprint density at radius 2 is 1.88 bits per heavy atom. The van der Waals surface area contributed by atoms with Gasteiger partial charge < -0.3 is 20.3 Å². The topological polar surface area (TPSA) is 91.0 Å². The van der Waals surface area contributed by atoms with E-state index in [4.69, 9.17) is 16.3 Å². The Kier molecular flexibility index (Phi) is 7.94. The first-order valence-electron chi connectivity index (χ1n) is 15.2. The van der Waals surface area contributed by atoms with Crippen LogP contribution in [0.25, 0.3) is 0 Å². The minimum atomic E-state index is -1.14. The van der Waals surface area contributed by atoms with Crippen LogP contribution in [0.4, 0.5) is 5.69 Å². The lowest BCUT2D eigenvalue weighted by atomic mass is 9.74. The van der Waals surface area contributed by atoms with Crippen LogP contribution in [0.3, 0.4) is 0 Å². The van der Waals surface area contributed by atoms with Gasteiger partial charge in [0.2, 0.25) is 17.7 Å². The lowest BCUT2D eigenvalue weighted by Crippen LogP contribution is -2.57. The van der Waals surface area contributed by atoms with Crippen LogP contribution in [0.1, 0.15) is 64.7 Å². The van der Waals surface area contributed by atoms with Gasteiger partial charge in [-0.25, -0.2) is 0 Å². The number of rotatable bonds is 8. The van der Waals surface area contributed by atoms with E-state index in [1.54, 1.807) is 29.2 Å². The second kappa shape index (κ2) is 11.5. The minimum absolute atomic E-state index is 0.115. The fourth-order valence-electron chi connectivity index (χ4n) is 7.88. The SMILES string of the molecule is CC[C@@H]1CCCCN1CCN1C(=O)[C@@H]2[C@@H](C(=O)Nc3cccc(Cl)c3)[C@@H]3C=C[C@@]2(O3)[C@H]1C(=O)NC1CCCCC1. The number of likely N-dealkylation sites (tertiary alicyclic amines) is 2. The van der Waals surface area contributed by atoms with Gasteiger partial charge in [0.1, 0.15) is 11.6 Å². The Hall–Kier alpha value is -2.42. The molecule has 5 aliphatic rings. The Bertz CT molecular complexity index is 1170. The van der Waals surface area contributed by atoms with Crippen LogP contribution in [0.5, 0.6) is 0 Å². The smallest absolute Gasteiger partial charge is 0.246 e. The fraction of sp³-hybridized carbons (Fsp3) is 0.645. The summed E-state index contributed by atoms with van der Waals surface area (Å²) in [5.74, 6) is -2.06. The first-order chi connectivity index (χ1) is 19.4. The van der Waals surface area contributed by atoms with Gasteiger partial charge in [-0.3, -0.25) is 19.3 Å². The maximum absolute atomic E-state index is 14.2. The Morgan fingerprint density at radius 1 is 1.07 bits per heavy atom. The zero-order valence-corrected chi connectivity index (χ0v) is 24.1. The van der Waals surface area contributed by atoms with Crippen LogP contribution in [-0.2, 0) is 19.1 Å². The van der Waals surface area contributed by atoms with E-state index in [-0.39, 0.29) is 23.8 Å². The lowest BCUT2D eigenvalue weighted by Gasteiger charge is -2.38. The highest BCUT2D eigenvalue weighted by atomic mass is 35.5. The molecule has 40 heavy (non-hydrogen) atoms. The molecule has 2 N–H and O–H groups in total. The fourth-order valence-corrected chi connectivity index (χ4v) is 8.07. The molecule has 6 atom stereocenters.